The summed E-state index contributed by atoms with van der Waals surface area (Å²) in [4.78, 5) is 0. The van der Waals surface area contributed by atoms with Crippen molar-refractivity contribution in [2.75, 3.05) is 0 Å². The van der Waals surface area contributed by atoms with Crippen molar-refractivity contribution in [3.05, 3.63) is 65.5 Å². The number of hydrogen-bond donors (Lipinski definition) is 1. The smallest absolute Gasteiger partial charge is 0.131 e. The highest BCUT2D eigenvalue weighted by Crippen LogP contribution is 2.29. The van der Waals surface area contributed by atoms with Crippen LogP contribution in [0.2, 0.25) is 0 Å². The van der Waals surface area contributed by atoms with Gasteiger partial charge in [0, 0.05) is 12.1 Å². The molecule has 2 rings (SSSR count). The standard InChI is InChI=1S/C16H18FNO/c1-16(2,14-5-3-4-6-15(14)17)19-13-9-7-12(11-18)8-10-13/h3-10H,11,18H2,1-2H3. The number of rotatable bonds is 4. The molecule has 0 amide bonds. The molecule has 19 heavy (non-hydrogen) atoms. The predicted octanol–water partition coefficient (Wildman–Crippen LogP) is 3.60. The van der Waals surface area contributed by atoms with E-state index in [9.17, 15) is 4.39 Å². The number of nitrogens with two attached hydrogens (primary N) is 1. The third kappa shape index (κ3) is 3.12. The number of halogens is 1. The Labute approximate surface area is 113 Å². The summed E-state index contributed by atoms with van der Waals surface area (Å²) in [6.07, 6.45) is 0. The lowest BCUT2D eigenvalue weighted by Crippen LogP contribution is -2.26. The monoisotopic (exact) mass is 259 g/mol. The van der Waals surface area contributed by atoms with Crippen molar-refractivity contribution in [3.8, 4) is 5.75 Å². The van der Waals surface area contributed by atoms with E-state index in [0.29, 0.717) is 17.9 Å². The molecule has 0 aliphatic heterocycles. The van der Waals surface area contributed by atoms with Crippen molar-refractivity contribution in [1.82, 2.24) is 0 Å². The van der Waals surface area contributed by atoms with E-state index >= 15 is 0 Å². The van der Waals surface area contributed by atoms with Crippen molar-refractivity contribution in [2.45, 2.75) is 26.0 Å². The van der Waals surface area contributed by atoms with Gasteiger partial charge in [-0.05, 0) is 37.6 Å². The summed E-state index contributed by atoms with van der Waals surface area (Å²) in [5, 5.41) is 0. The second-order valence-corrected chi connectivity index (χ2v) is 4.94. The molecule has 0 spiro atoms. The first-order valence-corrected chi connectivity index (χ1v) is 6.26. The molecule has 0 saturated heterocycles. The Morgan fingerprint density at radius 3 is 2.26 bits per heavy atom. The summed E-state index contributed by atoms with van der Waals surface area (Å²) in [6.45, 7) is 4.20. The van der Waals surface area contributed by atoms with Crippen molar-refractivity contribution in [3.63, 3.8) is 0 Å². The van der Waals surface area contributed by atoms with Gasteiger partial charge in [-0.1, -0.05) is 30.3 Å². The molecule has 100 valence electrons. The van der Waals surface area contributed by atoms with Gasteiger partial charge in [-0.3, -0.25) is 0 Å². The van der Waals surface area contributed by atoms with E-state index in [4.69, 9.17) is 10.5 Å². The topological polar surface area (TPSA) is 35.2 Å². The molecule has 0 aliphatic carbocycles. The lowest BCUT2D eigenvalue weighted by atomic mass is 9.97. The van der Waals surface area contributed by atoms with Crippen molar-refractivity contribution in [2.24, 2.45) is 5.73 Å². The first-order valence-electron chi connectivity index (χ1n) is 6.26. The van der Waals surface area contributed by atoms with Gasteiger partial charge in [-0.25, -0.2) is 4.39 Å². The fraction of sp³-hybridized carbons (Fsp3) is 0.250. The summed E-state index contributed by atoms with van der Waals surface area (Å²) in [5.74, 6) is 0.441. The summed E-state index contributed by atoms with van der Waals surface area (Å²) in [7, 11) is 0. The van der Waals surface area contributed by atoms with Gasteiger partial charge in [0.05, 0.1) is 0 Å². The largest absolute Gasteiger partial charge is 0.483 e. The van der Waals surface area contributed by atoms with Crippen LogP contribution in [0, 0.1) is 5.82 Å². The Morgan fingerprint density at radius 2 is 1.68 bits per heavy atom. The Balaban J connectivity index is 2.23. The van der Waals surface area contributed by atoms with Gasteiger partial charge in [0.25, 0.3) is 0 Å². The molecule has 0 fully saturated rings. The Morgan fingerprint density at radius 1 is 1.05 bits per heavy atom. The van der Waals surface area contributed by atoms with E-state index < -0.39 is 5.60 Å². The van der Waals surface area contributed by atoms with Crippen molar-refractivity contribution < 1.29 is 9.13 Å². The molecular formula is C16H18FNO. The molecule has 0 atom stereocenters. The Hall–Kier alpha value is -1.87. The molecule has 2 aromatic rings. The minimum absolute atomic E-state index is 0.258. The quantitative estimate of drug-likeness (QED) is 0.910. The normalized spacial score (nSPS) is 11.4. The molecule has 0 aromatic heterocycles. The molecule has 0 aliphatic rings. The van der Waals surface area contributed by atoms with Gasteiger partial charge in [0.15, 0.2) is 0 Å². The van der Waals surface area contributed by atoms with Gasteiger partial charge >= 0.3 is 0 Å². The molecule has 3 heteroatoms. The van der Waals surface area contributed by atoms with Crippen LogP contribution in [0.25, 0.3) is 0 Å². The highest BCUT2D eigenvalue weighted by Gasteiger charge is 2.25. The van der Waals surface area contributed by atoms with Crippen LogP contribution in [0.5, 0.6) is 5.75 Å². The van der Waals surface area contributed by atoms with Crippen LogP contribution in [-0.4, -0.2) is 0 Å². The molecule has 2 N–H and O–H groups in total. The maximum atomic E-state index is 13.8. The van der Waals surface area contributed by atoms with Crippen LogP contribution in [0.1, 0.15) is 25.0 Å². The molecule has 2 nitrogen and oxygen atoms in total. The number of hydrogen-bond acceptors (Lipinski definition) is 2. The van der Waals surface area contributed by atoms with Gasteiger partial charge in [-0.2, -0.15) is 0 Å². The second kappa shape index (κ2) is 5.41. The van der Waals surface area contributed by atoms with E-state index in [1.54, 1.807) is 18.2 Å². The zero-order chi connectivity index (χ0) is 13.9. The highest BCUT2D eigenvalue weighted by atomic mass is 19.1. The summed E-state index contributed by atoms with van der Waals surface area (Å²) in [6, 6.07) is 14.2. The maximum Gasteiger partial charge on any atom is 0.131 e. The lowest BCUT2D eigenvalue weighted by molar-refractivity contribution is 0.104. The van der Waals surface area contributed by atoms with Gasteiger partial charge < -0.3 is 10.5 Å². The molecule has 0 saturated carbocycles. The van der Waals surface area contributed by atoms with E-state index in [2.05, 4.69) is 0 Å². The third-order valence-corrected chi connectivity index (χ3v) is 3.05. The van der Waals surface area contributed by atoms with Crippen molar-refractivity contribution in [1.29, 1.82) is 0 Å². The zero-order valence-corrected chi connectivity index (χ0v) is 11.2. The first-order chi connectivity index (χ1) is 9.03. The van der Waals surface area contributed by atoms with Crippen LogP contribution in [0.4, 0.5) is 4.39 Å². The summed E-state index contributed by atoms with van der Waals surface area (Å²) >= 11 is 0. The number of benzene rings is 2. The second-order valence-electron chi connectivity index (χ2n) is 4.94. The van der Waals surface area contributed by atoms with E-state index in [1.165, 1.54) is 6.07 Å². The minimum atomic E-state index is -0.727. The van der Waals surface area contributed by atoms with Gasteiger partial charge in [0.1, 0.15) is 17.2 Å². The van der Waals surface area contributed by atoms with Crippen molar-refractivity contribution >= 4 is 0 Å². The predicted molar refractivity (Wildman–Crippen MR) is 74.4 cm³/mol. The van der Waals surface area contributed by atoms with Crippen LogP contribution in [0.3, 0.4) is 0 Å². The van der Waals surface area contributed by atoms with E-state index in [-0.39, 0.29) is 5.82 Å². The molecule has 0 unspecified atom stereocenters. The Bertz CT molecular complexity index is 549. The number of ether oxygens (including phenoxy) is 1. The Kier molecular flexibility index (Phi) is 3.86. The third-order valence-electron chi connectivity index (χ3n) is 3.05. The zero-order valence-electron chi connectivity index (χ0n) is 11.2. The van der Waals surface area contributed by atoms with Crippen LogP contribution in [-0.2, 0) is 12.1 Å². The van der Waals surface area contributed by atoms with Crippen LogP contribution < -0.4 is 10.5 Å². The summed E-state index contributed by atoms with van der Waals surface area (Å²) in [5.41, 5.74) is 6.40. The molecule has 2 aromatic carbocycles. The van der Waals surface area contributed by atoms with Gasteiger partial charge in [0.2, 0.25) is 0 Å². The fourth-order valence-electron chi connectivity index (χ4n) is 1.99. The SMILES string of the molecule is CC(C)(Oc1ccc(CN)cc1)c1ccccc1F. The average molecular weight is 259 g/mol. The van der Waals surface area contributed by atoms with Crippen LogP contribution in [0.15, 0.2) is 48.5 Å². The van der Waals surface area contributed by atoms with E-state index in [0.717, 1.165) is 5.56 Å². The lowest BCUT2D eigenvalue weighted by Gasteiger charge is -2.27. The van der Waals surface area contributed by atoms with Crippen LogP contribution >= 0.6 is 0 Å². The minimum Gasteiger partial charge on any atom is -0.483 e. The fourth-order valence-corrected chi connectivity index (χ4v) is 1.99. The first kappa shape index (κ1) is 13.6. The molecule has 0 heterocycles. The average Bonchev–Trinajstić information content (AvgIpc) is 2.39. The van der Waals surface area contributed by atoms with Gasteiger partial charge in [-0.15, -0.1) is 0 Å². The van der Waals surface area contributed by atoms with E-state index in [1.807, 2.05) is 38.1 Å². The molecule has 0 radical (unpaired) electrons. The highest BCUT2D eigenvalue weighted by molar-refractivity contribution is 5.30. The maximum absolute atomic E-state index is 13.8. The molecule has 0 bridgehead atoms. The summed E-state index contributed by atoms with van der Waals surface area (Å²) < 4.78 is 19.7. The molecular weight excluding hydrogens is 241 g/mol.